The maximum absolute atomic E-state index is 5.99. The first-order valence-electron chi connectivity index (χ1n) is 14.6. The minimum absolute atomic E-state index is 0.748. The van der Waals surface area contributed by atoms with Gasteiger partial charge in [0.15, 0.2) is 5.71 Å². The molecule has 210 valence electrons. The maximum Gasteiger partial charge on any atom is 0.199 e. The van der Waals surface area contributed by atoms with Crippen LogP contribution in [0.2, 0.25) is 0 Å². The van der Waals surface area contributed by atoms with Crippen molar-refractivity contribution in [1.82, 2.24) is 0 Å². The van der Waals surface area contributed by atoms with Crippen molar-refractivity contribution in [1.29, 1.82) is 0 Å². The SMILES string of the molecule is CCN(CC)c1ccc(C(C=CC=C(c2ccc(N)cc2)c2ccc(N)cc2)=C2C=CC(=[N+](CC)CC)C=C2)cc1. The second kappa shape index (κ2) is 14.2. The Kier molecular flexibility index (Phi) is 10.2. The predicted octanol–water partition coefficient (Wildman–Crippen LogP) is 7.76. The molecule has 4 heteroatoms. The third-order valence-corrected chi connectivity index (χ3v) is 7.58. The number of hydrogen-bond acceptors (Lipinski definition) is 3. The molecule has 3 aromatic rings. The second-order valence-corrected chi connectivity index (χ2v) is 10.0. The van der Waals surface area contributed by atoms with Crippen molar-refractivity contribution in [3.05, 3.63) is 138 Å². The van der Waals surface area contributed by atoms with Crippen LogP contribution in [0.25, 0.3) is 11.1 Å². The fraction of sp³-hybridized carbons (Fsp3) is 0.216. The standard InChI is InChI=1S/C37H42N4/c1-5-40(6-2)34-24-16-30(17-25-34)37(31-18-26-35(27-19-31)41(7-3)8-4)11-9-10-36(28-12-20-32(38)21-13-28)29-14-22-33(39)23-15-29/h9-27H,5-8H2,1-4H3,(H3,38,39)/p+1. The van der Waals surface area contributed by atoms with Gasteiger partial charge in [-0.15, -0.1) is 0 Å². The average molecular weight is 544 g/mol. The molecule has 0 heterocycles. The van der Waals surface area contributed by atoms with Crippen LogP contribution in [-0.2, 0) is 0 Å². The lowest BCUT2D eigenvalue weighted by Crippen LogP contribution is -2.21. The predicted molar refractivity (Wildman–Crippen MR) is 179 cm³/mol. The summed E-state index contributed by atoms with van der Waals surface area (Å²) in [4.78, 5) is 2.37. The molecule has 0 unspecified atom stereocenters. The lowest BCUT2D eigenvalue weighted by molar-refractivity contribution is -0.519. The largest absolute Gasteiger partial charge is 0.399 e. The number of benzene rings is 3. The van der Waals surface area contributed by atoms with E-state index in [9.17, 15) is 0 Å². The summed E-state index contributed by atoms with van der Waals surface area (Å²) in [6, 6.07) is 24.9. The third kappa shape index (κ3) is 7.34. The fourth-order valence-electron chi connectivity index (χ4n) is 5.17. The number of allylic oxidation sites excluding steroid dienone is 9. The molecule has 3 aromatic carbocycles. The Hall–Kier alpha value is -4.57. The molecular formula is C37H43N4+. The van der Waals surface area contributed by atoms with Crippen molar-refractivity contribution in [3.63, 3.8) is 0 Å². The molecule has 0 amide bonds. The first-order chi connectivity index (χ1) is 20.0. The van der Waals surface area contributed by atoms with Crippen LogP contribution in [0.15, 0.2) is 121 Å². The van der Waals surface area contributed by atoms with Crippen molar-refractivity contribution in [2.75, 3.05) is 42.5 Å². The molecule has 0 spiro atoms. The van der Waals surface area contributed by atoms with E-state index in [4.69, 9.17) is 11.5 Å². The van der Waals surface area contributed by atoms with Gasteiger partial charge in [-0.25, -0.2) is 4.58 Å². The van der Waals surface area contributed by atoms with Gasteiger partial charge in [-0.3, -0.25) is 0 Å². The average Bonchev–Trinajstić information content (AvgIpc) is 3.01. The van der Waals surface area contributed by atoms with E-state index < -0.39 is 0 Å². The summed E-state index contributed by atoms with van der Waals surface area (Å²) in [7, 11) is 0. The Morgan fingerprint density at radius 2 is 1.15 bits per heavy atom. The van der Waals surface area contributed by atoms with Gasteiger partial charge in [-0.05, 0) is 110 Å². The zero-order valence-electron chi connectivity index (χ0n) is 24.8. The van der Waals surface area contributed by atoms with E-state index in [0.717, 1.165) is 54.3 Å². The van der Waals surface area contributed by atoms with Crippen molar-refractivity contribution >= 4 is 33.9 Å². The molecule has 41 heavy (non-hydrogen) atoms. The van der Waals surface area contributed by atoms with E-state index in [1.165, 1.54) is 28.1 Å². The Bertz CT molecular complexity index is 1420. The molecule has 0 saturated heterocycles. The van der Waals surface area contributed by atoms with Crippen LogP contribution >= 0.6 is 0 Å². The van der Waals surface area contributed by atoms with Gasteiger partial charge < -0.3 is 16.4 Å². The maximum atomic E-state index is 5.99. The Labute approximate surface area is 246 Å². The molecule has 0 aliphatic heterocycles. The quantitative estimate of drug-likeness (QED) is 0.156. The minimum atomic E-state index is 0.748. The van der Waals surface area contributed by atoms with Crippen LogP contribution < -0.4 is 16.4 Å². The third-order valence-electron chi connectivity index (χ3n) is 7.58. The van der Waals surface area contributed by atoms with Crippen LogP contribution in [0.4, 0.5) is 17.1 Å². The number of nitrogen functional groups attached to an aromatic ring is 2. The van der Waals surface area contributed by atoms with Crippen LogP contribution in [0, 0.1) is 0 Å². The van der Waals surface area contributed by atoms with E-state index in [-0.39, 0.29) is 0 Å². The molecule has 0 bridgehead atoms. The zero-order chi connectivity index (χ0) is 29.2. The molecule has 0 aromatic heterocycles. The molecule has 1 aliphatic carbocycles. The van der Waals surface area contributed by atoms with E-state index in [1.807, 2.05) is 24.3 Å². The lowest BCUT2D eigenvalue weighted by Gasteiger charge is -2.21. The number of rotatable bonds is 10. The highest BCUT2D eigenvalue weighted by Gasteiger charge is 2.12. The summed E-state index contributed by atoms with van der Waals surface area (Å²) in [6.45, 7) is 12.7. The van der Waals surface area contributed by atoms with Gasteiger partial charge in [0.2, 0.25) is 0 Å². The summed E-state index contributed by atoms with van der Waals surface area (Å²) in [5.41, 5.74) is 22.8. The molecular weight excluding hydrogens is 500 g/mol. The van der Waals surface area contributed by atoms with Crippen molar-refractivity contribution in [2.24, 2.45) is 0 Å². The van der Waals surface area contributed by atoms with Gasteiger partial charge in [-0.1, -0.05) is 54.6 Å². The van der Waals surface area contributed by atoms with E-state index in [2.05, 4.69) is 128 Å². The first-order valence-corrected chi connectivity index (χ1v) is 14.6. The van der Waals surface area contributed by atoms with E-state index in [1.54, 1.807) is 0 Å². The molecule has 0 radical (unpaired) electrons. The number of anilines is 3. The van der Waals surface area contributed by atoms with Gasteiger partial charge in [0.05, 0.1) is 0 Å². The van der Waals surface area contributed by atoms with Crippen LogP contribution in [0.5, 0.6) is 0 Å². The lowest BCUT2D eigenvalue weighted by atomic mass is 9.94. The van der Waals surface area contributed by atoms with Crippen LogP contribution in [-0.4, -0.2) is 36.5 Å². The molecule has 0 saturated carbocycles. The van der Waals surface area contributed by atoms with E-state index >= 15 is 0 Å². The number of nitrogens with two attached hydrogens (primary N) is 2. The zero-order valence-corrected chi connectivity index (χ0v) is 24.8. The second-order valence-electron chi connectivity index (χ2n) is 10.0. The highest BCUT2D eigenvalue weighted by molar-refractivity contribution is 6.03. The summed E-state index contributed by atoms with van der Waals surface area (Å²) in [5.74, 6) is 0. The molecule has 0 atom stereocenters. The highest BCUT2D eigenvalue weighted by Crippen LogP contribution is 2.29. The Balaban J connectivity index is 1.79. The summed E-state index contributed by atoms with van der Waals surface area (Å²) >= 11 is 0. The van der Waals surface area contributed by atoms with Crippen molar-refractivity contribution in [3.8, 4) is 0 Å². The van der Waals surface area contributed by atoms with Crippen molar-refractivity contribution < 1.29 is 4.58 Å². The molecule has 0 fully saturated rings. The van der Waals surface area contributed by atoms with Crippen LogP contribution in [0.1, 0.15) is 44.4 Å². The number of hydrogen-bond donors (Lipinski definition) is 2. The normalized spacial score (nSPS) is 12.6. The van der Waals surface area contributed by atoms with Crippen LogP contribution in [0.3, 0.4) is 0 Å². The van der Waals surface area contributed by atoms with Gasteiger partial charge in [0, 0.05) is 42.3 Å². The number of nitrogens with zero attached hydrogens (tertiary/aromatic N) is 2. The fourth-order valence-corrected chi connectivity index (χ4v) is 5.17. The summed E-state index contributed by atoms with van der Waals surface area (Å²) in [5, 5.41) is 0. The Morgan fingerprint density at radius 3 is 1.61 bits per heavy atom. The highest BCUT2D eigenvalue weighted by atomic mass is 15.1. The molecule has 4 rings (SSSR count). The monoisotopic (exact) mass is 543 g/mol. The molecule has 4 nitrogen and oxygen atoms in total. The first kappa shape index (κ1) is 29.4. The van der Waals surface area contributed by atoms with Gasteiger partial charge in [-0.2, -0.15) is 0 Å². The van der Waals surface area contributed by atoms with Gasteiger partial charge >= 0.3 is 0 Å². The van der Waals surface area contributed by atoms with Crippen molar-refractivity contribution in [2.45, 2.75) is 27.7 Å². The van der Waals surface area contributed by atoms with Gasteiger partial charge in [0.1, 0.15) is 13.1 Å². The summed E-state index contributed by atoms with van der Waals surface area (Å²) < 4.78 is 2.37. The minimum Gasteiger partial charge on any atom is -0.399 e. The van der Waals surface area contributed by atoms with Gasteiger partial charge in [0.25, 0.3) is 0 Å². The topological polar surface area (TPSA) is 58.3 Å². The summed E-state index contributed by atoms with van der Waals surface area (Å²) in [6.07, 6.45) is 15.5. The smallest absolute Gasteiger partial charge is 0.199 e. The Morgan fingerprint density at radius 1 is 0.659 bits per heavy atom. The van der Waals surface area contributed by atoms with E-state index in [0.29, 0.717) is 0 Å². The molecule has 1 aliphatic rings. The molecule has 4 N–H and O–H groups in total.